The van der Waals surface area contributed by atoms with Gasteiger partial charge in [0.25, 0.3) is 0 Å². The Labute approximate surface area is 128 Å². The molecule has 8 heteroatoms. The van der Waals surface area contributed by atoms with E-state index in [4.69, 9.17) is 5.11 Å². The van der Waals surface area contributed by atoms with E-state index in [1.807, 2.05) is 0 Å². The number of carboxylic acids is 1. The molecule has 0 radical (unpaired) electrons. The lowest BCUT2D eigenvalue weighted by atomic mass is 10.1. The third-order valence-corrected chi connectivity index (χ3v) is 4.18. The van der Waals surface area contributed by atoms with E-state index in [1.54, 1.807) is 12.1 Å². The molecule has 1 aromatic heterocycles. The lowest BCUT2D eigenvalue weighted by Crippen LogP contribution is -2.18. The summed E-state index contributed by atoms with van der Waals surface area (Å²) in [6, 6.07) is 4.31. The Kier molecular flexibility index (Phi) is 3.71. The average Bonchev–Trinajstić information content (AvgIpc) is 3.16. The Morgan fingerprint density at radius 1 is 1.52 bits per heavy atom. The van der Waals surface area contributed by atoms with E-state index in [0.717, 1.165) is 12.8 Å². The fraction of sp³-hybridized carbons (Fsp3) is 0.385. The second-order valence-corrected chi connectivity index (χ2v) is 5.93. The number of carbonyl (C=O) groups is 1. The summed E-state index contributed by atoms with van der Waals surface area (Å²) in [5.41, 5.74) is 0.525. The predicted molar refractivity (Wildman–Crippen MR) is 74.9 cm³/mol. The summed E-state index contributed by atoms with van der Waals surface area (Å²) >= 11 is 3.09. The van der Waals surface area contributed by atoms with Gasteiger partial charge in [-0.1, -0.05) is 0 Å². The summed E-state index contributed by atoms with van der Waals surface area (Å²) in [6.07, 6.45) is 1.89. The average molecular weight is 355 g/mol. The minimum atomic E-state index is -0.893. The zero-order valence-corrected chi connectivity index (χ0v) is 12.5. The molecule has 21 heavy (non-hydrogen) atoms. The molecule has 1 atom stereocenters. The summed E-state index contributed by atoms with van der Waals surface area (Å²) in [7, 11) is 0. The molecule has 1 aromatic carbocycles. The van der Waals surface area contributed by atoms with E-state index in [2.05, 4.69) is 31.5 Å². The molecule has 6 nitrogen and oxygen atoms in total. The first-order valence-corrected chi connectivity index (χ1v) is 7.30. The number of hydrogen-bond acceptors (Lipinski definition) is 4. The number of aliphatic carboxylic acids is 1. The van der Waals surface area contributed by atoms with Gasteiger partial charge in [0.15, 0.2) is 5.82 Å². The number of halogens is 2. The second-order valence-electron chi connectivity index (χ2n) is 5.08. The molecule has 0 saturated heterocycles. The minimum Gasteiger partial charge on any atom is -0.481 e. The number of hydrogen-bond donors (Lipinski definition) is 1. The molecule has 1 aliphatic rings. The molecule has 1 saturated carbocycles. The number of carboxylic acid groups (broad SMARTS) is 1. The third-order valence-electron chi connectivity index (χ3n) is 3.53. The smallest absolute Gasteiger partial charge is 0.305 e. The summed E-state index contributed by atoms with van der Waals surface area (Å²) < 4.78 is 15.5. The molecule has 0 bridgehead atoms. The van der Waals surface area contributed by atoms with Crippen LogP contribution in [0, 0.1) is 11.7 Å². The van der Waals surface area contributed by atoms with Gasteiger partial charge in [-0.3, -0.25) is 4.79 Å². The molecule has 0 spiro atoms. The highest BCUT2D eigenvalue weighted by Crippen LogP contribution is 2.42. The Hall–Kier alpha value is -1.83. The molecular weight excluding hydrogens is 343 g/mol. The molecule has 2 aromatic rings. The summed E-state index contributed by atoms with van der Waals surface area (Å²) in [6.45, 7) is 0. The van der Waals surface area contributed by atoms with Crippen LogP contribution >= 0.6 is 15.9 Å². The van der Waals surface area contributed by atoms with E-state index in [-0.39, 0.29) is 18.4 Å². The summed E-state index contributed by atoms with van der Waals surface area (Å²) in [5, 5.41) is 20.5. The van der Waals surface area contributed by atoms with Crippen LogP contribution < -0.4 is 0 Å². The monoisotopic (exact) mass is 354 g/mol. The van der Waals surface area contributed by atoms with Gasteiger partial charge in [0.2, 0.25) is 0 Å². The van der Waals surface area contributed by atoms with Gasteiger partial charge in [0.05, 0.1) is 16.9 Å². The first kappa shape index (κ1) is 14.1. The normalized spacial score (nSPS) is 15.9. The highest BCUT2D eigenvalue weighted by atomic mass is 79.9. The maximum absolute atomic E-state index is 13.7. The van der Waals surface area contributed by atoms with Crippen LogP contribution in [0.4, 0.5) is 4.39 Å². The van der Waals surface area contributed by atoms with E-state index in [1.165, 1.54) is 10.7 Å². The molecule has 1 unspecified atom stereocenters. The highest BCUT2D eigenvalue weighted by molar-refractivity contribution is 9.10. The standard InChI is InChI=1S/C13H12BrFN4O2/c14-9-4-3-8(5-10(9)15)13-16-17-18-19(13)11(6-12(20)21)7-1-2-7/h3-5,7,11H,1-2,6H2,(H,20,21). The first-order valence-electron chi connectivity index (χ1n) is 6.51. The molecule has 0 aliphatic heterocycles. The highest BCUT2D eigenvalue weighted by Gasteiger charge is 2.36. The SMILES string of the molecule is O=C(O)CC(C1CC1)n1nnnc1-c1ccc(Br)c(F)c1. The van der Waals surface area contributed by atoms with Crippen molar-refractivity contribution in [2.45, 2.75) is 25.3 Å². The number of nitrogens with zero attached hydrogens (tertiary/aromatic N) is 4. The molecule has 1 N–H and O–H groups in total. The molecule has 110 valence electrons. The largest absolute Gasteiger partial charge is 0.481 e. The quantitative estimate of drug-likeness (QED) is 0.892. The van der Waals surface area contributed by atoms with Crippen molar-refractivity contribution in [2.24, 2.45) is 5.92 Å². The lowest BCUT2D eigenvalue weighted by Gasteiger charge is -2.15. The third kappa shape index (κ3) is 2.94. The second kappa shape index (κ2) is 5.51. The van der Waals surface area contributed by atoms with Crippen molar-refractivity contribution in [3.63, 3.8) is 0 Å². The van der Waals surface area contributed by atoms with Crippen LogP contribution in [0.1, 0.15) is 25.3 Å². The predicted octanol–water partition coefficient (Wildman–Crippen LogP) is 2.67. The topological polar surface area (TPSA) is 80.9 Å². The molecule has 1 aliphatic carbocycles. The van der Waals surface area contributed by atoms with E-state index >= 15 is 0 Å². The lowest BCUT2D eigenvalue weighted by molar-refractivity contribution is -0.138. The Morgan fingerprint density at radius 3 is 2.90 bits per heavy atom. The molecule has 3 rings (SSSR count). The van der Waals surface area contributed by atoms with Crippen molar-refractivity contribution in [3.8, 4) is 11.4 Å². The number of aromatic nitrogens is 4. The van der Waals surface area contributed by atoms with Crippen LogP contribution in [0.2, 0.25) is 0 Å². The maximum atomic E-state index is 13.7. The Morgan fingerprint density at radius 2 is 2.29 bits per heavy atom. The molecule has 1 heterocycles. The van der Waals surface area contributed by atoms with Crippen molar-refractivity contribution < 1.29 is 14.3 Å². The first-order chi connectivity index (χ1) is 10.1. The Bertz CT molecular complexity index is 687. The number of rotatable bonds is 5. The molecule has 0 amide bonds. The number of tetrazole rings is 1. The fourth-order valence-electron chi connectivity index (χ4n) is 2.35. The van der Waals surface area contributed by atoms with Crippen molar-refractivity contribution in [1.29, 1.82) is 0 Å². The van der Waals surface area contributed by atoms with Gasteiger partial charge in [0.1, 0.15) is 5.82 Å². The van der Waals surface area contributed by atoms with Gasteiger partial charge in [-0.05, 0) is 63.3 Å². The van der Waals surface area contributed by atoms with Gasteiger partial charge in [0, 0.05) is 5.56 Å². The van der Waals surface area contributed by atoms with Gasteiger partial charge in [-0.25, -0.2) is 9.07 Å². The van der Waals surface area contributed by atoms with Crippen molar-refractivity contribution in [2.75, 3.05) is 0 Å². The van der Waals surface area contributed by atoms with Crippen LogP contribution in [0.3, 0.4) is 0 Å². The minimum absolute atomic E-state index is 0.0400. The van der Waals surface area contributed by atoms with Crippen molar-refractivity contribution in [3.05, 3.63) is 28.5 Å². The fourth-order valence-corrected chi connectivity index (χ4v) is 2.60. The van der Waals surface area contributed by atoms with E-state index in [0.29, 0.717) is 15.9 Å². The summed E-state index contributed by atoms with van der Waals surface area (Å²) in [4.78, 5) is 11.0. The number of benzene rings is 1. The van der Waals surface area contributed by atoms with Gasteiger partial charge >= 0.3 is 5.97 Å². The maximum Gasteiger partial charge on any atom is 0.305 e. The van der Waals surface area contributed by atoms with Crippen LogP contribution in [-0.2, 0) is 4.79 Å². The summed E-state index contributed by atoms with van der Waals surface area (Å²) in [5.74, 6) is -0.651. The van der Waals surface area contributed by atoms with Crippen LogP contribution in [0.15, 0.2) is 22.7 Å². The van der Waals surface area contributed by atoms with Gasteiger partial charge in [-0.2, -0.15) is 0 Å². The Balaban J connectivity index is 1.98. The molecule has 1 fully saturated rings. The van der Waals surface area contributed by atoms with Crippen molar-refractivity contribution in [1.82, 2.24) is 20.2 Å². The molecular formula is C13H12BrFN4O2. The zero-order valence-electron chi connectivity index (χ0n) is 10.9. The van der Waals surface area contributed by atoms with Crippen LogP contribution in [-0.4, -0.2) is 31.3 Å². The zero-order chi connectivity index (χ0) is 15.0. The van der Waals surface area contributed by atoms with Gasteiger partial charge < -0.3 is 5.11 Å². The van der Waals surface area contributed by atoms with Crippen LogP contribution in [0.5, 0.6) is 0 Å². The van der Waals surface area contributed by atoms with E-state index < -0.39 is 11.8 Å². The van der Waals surface area contributed by atoms with E-state index in [9.17, 15) is 9.18 Å². The van der Waals surface area contributed by atoms with Gasteiger partial charge in [-0.15, -0.1) is 5.10 Å². The van der Waals surface area contributed by atoms with Crippen molar-refractivity contribution >= 4 is 21.9 Å². The van der Waals surface area contributed by atoms with Crippen LogP contribution in [0.25, 0.3) is 11.4 Å².